The molecule has 1 amide bonds. The van der Waals surface area contributed by atoms with Crippen molar-refractivity contribution in [1.82, 2.24) is 15.6 Å². The van der Waals surface area contributed by atoms with Crippen molar-refractivity contribution in [3.05, 3.63) is 42.1 Å². The standard InChI is InChI=1S/C16H16N4O2/c21-13-8-4-7-12(9-13)17-20-16(22)15-10-14(18-19-15)11-5-2-1-3-6-11/h1-3,5-6,10H,4,7-9H2,(H,18,19)(H,20,22)/b17-12-. The van der Waals surface area contributed by atoms with Crippen LogP contribution in [0.2, 0.25) is 0 Å². The summed E-state index contributed by atoms with van der Waals surface area (Å²) in [4.78, 5) is 23.4. The number of hydrogen-bond donors (Lipinski definition) is 2. The molecule has 0 bridgehead atoms. The second-order valence-electron chi connectivity index (χ2n) is 5.22. The molecule has 22 heavy (non-hydrogen) atoms. The summed E-state index contributed by atoms with van der Waals surface area (Å²) in [5.74, 6) is -0.188. The minimum Gasteiger partial charge on any atom is -0.299 e. The van der Waals surface area contributed by atoms with Crippen molar-refractivity contribution in [3.8, 4) is 11.3 Å². The van der Waals surface area contributed by atoms with E-state index < -0.39 is 0 Å². The van der Waals surface area contributed by atoms with Crippen LogP contribution in [0.4, 0.5) is 0 Å². The Kier molecular flexibility index (Phi) is 4.09. The number of amides is 1. The number of nitrogens with one attached hydrogen (secondary N) is 2. The number of hydrogen-bond acceptors (Lipinski definition) is 4. The average molecular weight is 296 g/mol. The van der Waals surface area contributed by atoms with Gasteiger partial charge in [-0.1, -0.05) is 30.3 Å². The van der Waals surface area contributed by atoms with E-state index >= 15 is 0 Å². The molecule has 0 spiro atoms. The number of carbonyl (C=O) groups excluding carboxylic acids is 2. The fraction of sp³-hybridized carbons (Fsp3) is 0.250. The molecule has 0 atom stereocenters. The van der Waals surface area contributed by atoms with E-state index in [0.29, 0.717) is 24.2 Å². The van der Waals surface area contributed by atoms with Crippen molar-refractivity contribution in [2.75, 3.05) is 0 Å². The monoisotopic (exact) mass is 296 g/mol. The number of aromatic amines is 1. The summed E-state index contributed by atoms with van der Waals surface area (Å²) >= 11 is 0. The van der Waals surface area contributed by atoms with Crippen molar-refractivity contribution in [2.24, 2.45) is 5.10 Å². The van der Waals surface area contributed by atoms with Crippen LogP contribution in [-0.4, -0.2) is 27.6 Å². The van der Waals surface area contributed by atoms with Crippen LogP contribution in [0.5, 0.6) is 0 Å². The molecule has 1 aliphatic carbocycles. The summed E-state index contributed by atoms with van der Waals surface area (Å²) in [5.41, 5.74) is 5.18. The number of nitrogens with zero attached hydrogens (tertiary/aromatic N) is 2. The first-order valence-corrected chi connectivity index (χ1v) is 7.20. The molecule has 0 radical (unpaired) electrons. The number of ketones is 1. The third-order valence-corrected chi connectivity index (χ3v) is 3.53. The molecule has 0 saturated heterocycles. The lowest BCUT2D eigenvalue weighted by atomic mass is 9.97. The van der Waals surface area contributed by atoms with Gasteiger partial charge in [-0.25, -0.2) is 5.43 Å². The minimum absolute atomic E-state index is 0.173. The second kappa shape index (κ2) is 6.34. The van der Waals surface area contributed by atoms with Gasteiger partial charge in [0.2, 0.25) is 0 Å². The van der Waals surface area contributed by atoms with Crippen LogP contribution >= 0.6 is 0 Å². The van der Waals surface area contributed by atoms with E-state index in [0.717, 1.165) is 24.1 Å². The van der Waals surface area contributed by atoms with E-state index in [-0.39, 0.29) is 11.7 Å². The Morgan fingerprint density at radius 1 is 1.23 bits per heavy atom. The van der Waals surface area contributed by atoms with Gasteiger partial charge >= 0.3 is 0 Å². The maximum atomic E-state index is 12.0. The number of carbonyl (C=O) groups is 2. The molecular weight excluding hydrogens is 280 g/mol. The Morgan fingerprint density at radius 2 is 2.05 bits per heavy atom. The summed E-state index contributed by atoms with van der Waals surface area (Å²) < 4.78 is 0. The normalized spacial score (nSPS) is 16.7. The van der Waals surface area contributed by atoms with Gasteiger partial charge in [0.1, 0.15) is 11.5 Å². The molecule has 1 aromatic carbocycles. The highest BCUT2D eigenvalue weighted by molar-refractivity contribution is 6.04. The Labute approximate surface area is 127 Å². The van der Waals surface area contributed by atoms with E-state index in [9.17, 15) is 9.59 Å². The maximum absolute atomic E-state index is 12.0. The lowest BCUT2D eigenvalue weighted by Crippen LogP contribution is -2.23. The number of H-pyrrole nitrogens is 1. The zero-order valence-corrected chi connectivity index (χ0v) is 12.0. The van der Waals surface area contributed by atoms with Gasteiger partial charge in [-0.2, -0.15) is 10.2 Å². The van der Waals surface area contributed by atoms with Crippen LogP contribution < -0.4 is 5.43 Å². The van der Waals surface area contributed by atoms with Gasteiger partial charge in [0.15, 0.2) is 0 Å². The van der Waals surface area contributed by atoms with Crippen molar-refractivity contribution in [2.45, 2.75) is 25.7 Å². The van der Waals surface area contributed by atoms with E-state index in [1.807, 2.05) is 30.3 Å². The second-order valence-corrected chi connectivity index (χ2v) is 5.22. The lowest BCUT2D eigenvalue weighted by molar-refractivity contribution is -0.118. The topological polar surface area (TPSA) is 87.2 Å². The minimum atomic E-state index is -0.361. The first-order chi connectivity index (χ1) is 10.7. The zero-order chi connectivity index (χ0) is 15.4. The van der Waals surface area contributed by atoms with Gasteiger partial charge in [-0.3, -0.25) is 14.7 Å². The summed E-state index contributed by atoms with van der Waals surface area (Å²) in [6, 6.07) is 11.3. The fourth-order valence-corrected chi connectivity index (χ4v) is 2.37. The summed E-state index contributed by atoms with van der Waals surface area (Å²) in [6.45, 7) is 0. The van der Waals surface area contributed by atoms with Crippen LogP contribution in [0.1, 0.15) is 36.2 Å². The van der Waals surface area contributed by atoms with Crippen LogP contribution in [0.25, 0.3) is 11.3 Å². The summed E-state index contributed by atoms with van der Waals surface area (Å²) in [7, 11) is 0. The largest absolute Gasteiger partial charge is 0.299 e. The molecule has 3 rings (SSSR count). The predicted molar refractivity (Wildman–Crippen MR) is 82.4 cm³/mol. The van der Waals surface area contributed by atoms with Crippen LogP contribution in [0.15, 0.2) is 41.5 Å². The molecule has 2 aromatic rings. The molecule has 1 heterocycles. The Hall–Kier alpha value is -2.76. The number of Topliss-reactive ketones (excluding diaryl/α,β-unsaturated/α-hetero) is 1. The van der Waals surface area contributed by atoms with Crippen LogP contribution in [0.3, 0.4) is 0 Å². The molecule has 1 aromatic heterocycles. The van der Waals surface area contributed by atoms with Gasteiger partial charge in [-0.05, 0) is 18.9 Å². The fourth-order valence-electron chi connectivity index (χ4n) is 2.37. The van der Waals surface area contributed by atoms with Gasteiger partial charge in [0.05, 0.1) is 5.69 Å². The summed E-state index contributed by atoms with van der Waals surface area (Å²) in [5, 5.41) is 10.9. The number of rotatable bonds is 3. The number of aromatic nitrogens is 2. The van der Waals surface area contributed by atoms with Crippen molar-refractivity contribution in [1.29, 1.82) is 0 Å². The zero-order valence-electron chi connectivity index (χ0n) is 12.0. The number of benzene rings is 1. The molecule has 112 valence electrons. The average Bonchev–Trinajstić information content (AvgIpc) is 3.04. The van der Waals surface area contributed by atoms with Gasteiger partial charge in [-0.15, -0.1) is 0 Å². The van der Waals surface area contributed by atoms with E-state index in [1.54, 1.807) is 6.07 Å². The van der Waals surface area contributed by atoms with Crippen molar-refractivity contribution in [3.63, 3.8) is 0 Å². The molecule has 1 saturated carbocycles. The SMILES string of the molecule is O=C1CCC/C(=N/NC(=O)c2cc(-c3ccccc3)n[nH]2)C1. The first-order valence-electron chi connectivity index (χ1n) is 7.20. The van der Waals surface area contributed by atoms with Gasteiger partial charge in [0, 0.05) is 24.1 Å². The maximum Gasteiger partial charge on any atom is 0.289 e. The Balaban J connectivity index is 1.67. The smallest absolute Gasteiger partial charge is 0.289 e. The van der Waals surface area contributed by atoms with Crippen LogP contribution in [-0.2, 0) is 4.79 Å². The molecule has 1 fully saturated rings. The third kappa shape index (κ3) is 3.28. The van der Waals surface area contributed by atoms with E-state index in [4.69, 9.17) is 0 Å². The molecule has 6 heteroatoms. The molecule has 2 N–H and O–H groups in total. The number of hydrazone groups is 1. The Morgan fingerprint density at radius 3 is 2.82 bits per heavy atom. The molecule has 0 unspecified atom stereocenters. The van der Waals surface area contributed by atoms with Crippen LogP contribution in [0, 0.1) is 0 Å². The summed E-state index contributed by atoms with van der Waals surface area (Å²) in [6.07, 6.45) is 2.49. The van der Waals surface area contributed by atoms with Crippen molar-refractivity contribution >= 4 is 17.4 Å². The van der Waals surface area contributed by atoms with E-state index in [1.165, 1.54) is 0 Å². The first kappa shape index (κ1) is 14.2. The van der Waals surface area contributed by atoms with E-state index in [2.05, 4.69) is 20.7 Å². The Bertz CT molecular complexity index is 719. The quantitative estimate of drug-likeness (QED) is 0.852. The molecular formula is C16H16N4O2. The molecule has 6 nitrogen and oxygen atoms in total. The third-order valence-electron chi connectivity index (χ3n) is 3.53. The molecule has 1 aliphatic rings. The lowest BCUT2D eigenvalue weighted by Gasteiger charge is -2.11. The van der Waals surface area contributed by atoms with Crippen molar-refractivity contribution < 1.29 is 9.59 Å². The predicted octanol–water partition coefficient (Wildman–Crippen LogP) is 2.31. The van der Waals surface area contributed by atoms with Gasteiger partial charge < -0.3 is 0 Å². The highest BCUT2D eigenvalue weighted by Gasteiger charge is 2.15. The molecule has 0 aliphatic heterocycles. The highest BCUT2D eigenvalue weighted by atomic mass is 16.2. The highest BCUT2D eigenvalue weighted by Crippen LogP contribution is 2.17. The van der Waals surface area contributed by atoms with Gasteiger partial charge in [0.25, 0.3) is 5.91 Å².